The van der Waals surface area contributed by atoms with Crippen molar-refractivity contribution in [3.63, 3.8) is 0 Å². The first-order chi connectivity index (χ1) is 40.0. The molecule has 2 atom stereocenters. The Balaban J connectivity index is 4.44. The van der Waals surface area contributed by atoms with Gasteiger partial charge in [0.15, 0.2) is 6.10 Å². The van der Waals surface area contributed by atoms with Crippen LogP contribution in [0, 0.1) is 0 Å². The third kappa shape index (κ3) is 63.5. The third-order valence-corrected chi connectivity index (χ3v) is 12.5. The van der Waals surface area contributed by atoms with Crippen LogP contribution in [0.15, 0.2) is 219 Å². The lowest BCUT2D eigenvalue weighted by molar-refractivity contribution is -0.870. The topological polar surface area (TPSA) is 111 Å². The predicted octanol–water partition coefficient (Wildman–Crippen LogP) is 19.1. The van der Waals surface area contributed by atoms with Crippen molar-refractivity contribution in [2.45, 2.75) is 174 Å². The quantitative estimate of drug-likeness (QED) is 0.0195. The summed E-state index contributed by atoms with van der Waals surface area (Å²) >= 11 is 0. The second-order valence-corrected chi connectivity index (χ2v) is 21.7. The summed E-state index contributed by atoms with van der Waals surface area (Å²) in [5.74, 6) is -0.998. The van der Waals surface area contributed by atoms with Gasteiger partial charge >= 0.3 is 11.9 Å². The number of phosphoric ester groups is 1. The molecule has 0 aromatic rings. The zero-order chi connectivity index (χ0) is 59.8. The molecule has 0 spiro atoms. The molecule has 0 rings (SSSR count). The molecule has 10 heteroatoms. The lowest BCUT2D eigenvalue weighted by Crippen LogP contribution is -2.37. The average molecular weight is 1150 g/mol. The van der Waals surface area contributed by atoms with Crippen LogP contribution in [0.4, 0.5) is 0 Å². The Morgan fingerprint density at radius 3 is 0.902 bits per heavy atom. The van der Waals surface area contributed by atoms with Crippen LogP contribution < -0.4 is 4.89 Å². The van der Waals surface area contributed by atoms with Crippen LogP contribution >= 0.6 is 7.82 Å². The minimum atomic E-state index is -4.69. The Hall–Kier alpha value is -5.67. The number of phosphoric acid groups is 1. The molecule has 454 valence electrons. The smallest absolute Gasteiger partial charge is 0.306 e. The van der Waals surface area contributed by atoms with E-state index >= 15 is 0 Å². The second-order valence-electron chi connectivity index (χ2n) is 20.2. The van der Waals surface area contributed by atoms with Crippen LogP contribution in [0.25, 0.3) is 0 Å². The molecule has 0 fully saturated rings. The number of hydrogen-bond acceptors (Lipinski definition) is 8. The van der Waals surface area contributed by atoms with Gasteiger partial charge in [0.2, 0.25) is 0 Å². The number of rotatable bonds is 52. The number of unbranched alkanes of at least 4 members (excludes halogenated alkanes) is 2. The third-order valence-electron chi connectivity index (χ3n) is 11.5. The van der Waals surface area contributed by atoms with Crippen LogP contribution in [0.3, 0.4) is 0 Å². The summed E-state index contributed by atoms with van der Waals surface area (Å²) < 4.78 is 34.0. The van der Waals surface area contributed by atoms with Crippen LogP contribution in [0.2, 0.25) is 0 Å². The minimum absolute atomic E-state index is 0.0653. The van der Waals surface area contributed by atoms with Crippen LogP contribution in [0.5, 0.6) is 0 Å². The largest absolute Gasteiger partial charge is 0.756 e. The standard InChI is InChI=1S/C72H108NO8P/c1-6-8-10-12-14-16-18-20-22-24-26-28-30-32-34-36-38-40-42-44-46-48-50-52-54-56-58-60-62-64-71(74)78-68-70(69-80-82(76,77)79-67-66-73(3,4)5)81-72(75)65-63-61-59-57-55-53-51-49-47-45-43-41-39-37-35-33-31-29-27-25-23-21-19-17-15-13-11-9-7-2/h8-11,14-17,20-23,26-29,32-35,38-41,44-47,50-53,56-59,70H,6-7,12-13,18-19,24-25,30-31,36-37,42-43,48-49,54-55,60-69H2,1-5H3/b10-8-,11-9-,16-14-,17-15-,22-20-,23-21-,28-26-,29-27-,34-32-,35-33-,40-38-,41-39-,46-44-,47-45-,52-50-,53-51-,58-56-,59-57-. The van der Waals surface area contributed by atoms with E-state index in [1.54, 1.807) is 0 Å². The van der Waals surface area contributed by atoms with Gasteiger partial charge in [-0.1, -0.05) is 233 Å². The molecule has 0 saturated carbocycles. The van der Waals surface area contributed by atoms with Gasteiger partial charge in [-0.2, -0.15) is 0 Å². The summed E-state index contributed by atoms with van der Waals surface area (Å²) in [4.78, 5) is 37.9. The monoisotopic (exact) mass is 1150 g/mol. The first-order valence-electron chi connectivity index (χ1n) is 30.4. The fourth-order valence-electron chi connectivity index (χ4n) is 6.89. The Labute approximate surface area is 499 Å². The Morgan fingerprint density at radius 2 is 0.634 bits per heavy atom. The molecule has 2 unspecified atom stereocenters. The van der Waals surface area contributed by atoms with E-state index in [0.717, 1.165) is 116 Å². The Morgan fingerprint density at radius 1 is 0.378 bits per heavy atom. The van der Waals surface area contributed by atoms with E-state index in [1.165, 1.54) is 0 Å². The first-order valence-corrected chi connectivity index (χ1v) is 31.9. The van der Waals surface area contributed by atoms with Gasteiger partial charge in [-0.15, -0.1) is 0 Å². The molecule has 0 aliphatic carbocycles. The number of allylic oxidation sites excluding steroid dienone is 36. The number of nitrogens with zero attached hydrogens (tertiary/aromatic N) is 1. The van der Waals surface area contributed by atoms with Gasteiger partial charge < -0.3 is 27.9 Å². The van der Waals surface area contributed by atoms with Crippen molar-refractivity contribution < 1.29 is 42.1 Å². The van der Waals surface area contributed by atoms with E-state index in [1.807, 2.05) is 33.3 Å². The van der Waals surface area contributed by atoms with Gasteiger partial charge in [0, 0.05) is 12.8 Å². The fraction of sp³-hybridized carbons (Fsp3) is 0.472. The van der Waals surface area contributed by atoms with Gasteiger partial charge in [-0.05, 0) is 141 Å². The van der Waals surface area contributed by atoms with E-state index in [9.17, 15) is 19.0 Å². The van der Waals surface area contributed by atoms with Crippen molar-refractivity contribution in [1.82, 2.24) is 0 Å². The highest BCUT2D eigenvalue weighted by molar-refractivity contribution is 7.45. The van der Waals surface area contributed by atoms with Crippen molar-refractivity contribution in [2.24, 2.45) is 0 Å². The summed E-state index contributed by atoms with van der Waals surface area (Å²) in [5.41, 5.74) is 0. The lowest BCUT2D eigenvalue weighted by atomic mass is 10.2. The zero-order valence-corrected chi connectivity index (χ0v) is 52.2. The van der Waals surface area contributed by atoms with Crippen molar-refractivity contribution in [3.8, 4) is 0 Å². The predicted molar refractivity (Wildman–Crippen MR) is 350 cm³/mol. The molecule has 0 radical (unpaired) electrons. The molecule has 9 nitrogen and oxygen atoms in total. The number of quaternary nitrogens is 1. The average Bonchev–Trinajstić information content (AvgIpc) is 3.44. The van der Waals surface area contributed by atoms with E-state index in [4.69, 9.17) is 18.5 Å². The lowest BCUT2D eigenvalue weighted by Gasteiger charge is -2.28. The van der Waals surface area contributed by atoms with Crippen LogP contribution in [0.1, 0.15) is 168 Å². The number of esters is 2. The molecule has 0 N–H and O–H groups in total. The molecule has 0 aromatic carbocycles. The van der Waals surface area contributed by atoms with Gasteiger partial charge in [0.05, 0.1) is 27.7 Å². The number of hydrogen-bond donors (Lipinski definition) is 0. The summed E-state index contributed by atoms with van der Waals surface area (Å²) in [6.45, 7) is 3.83. The Bertz CT molecular complexity index is 2180. The molecule has 82 heavy (non-hydrogen) atoms. The highest BCUT2D eigenvalue weighted by Gasteiger charge is 2.21. The molecular formula is C72H108NO8P. The van der Waals surface area contributed by atoms with Crippen molar-refractivity contribution >= 4 is 19.8 Å². The van der Waals surface area contributed by atoms with Gasteiger partial charge in [0.25, 0.3) is 7.82 Å². The normalized spacial score (nSPS) is 14.8. The number of ether oxygens (including phenoxy) is 2. The van der Waals surface area contributed by atoms with Gasteiger partial charge in [-0.25, -0.2) is 0 Å². The molecule has 0 aromatic heterocycles. The van der Waals surface area contributed by atoms with Crippen molar-refractivity contribution in [1.29, 1.82) is 0 Å². The molecule has 0 heterocycles. The first kappa shape index (κ1) is 76.3. The van der Waals surface area contributed by atoms with Crippen LogP contribution in [-0.4, -0.2) is 70.0 Å². The maximum atomic E-state index is 12.8. The number of carbonyl (C=O) groups excluding carboxylic acids is 2. The SMILES string of the molecule is CC/C=C\C/C=C\C/C=C\C/C=C\C/C=C\C/C=C\C/C=C\C/C=C\C/C=C\CCCC(=O)OCC(COP(=O)([O-])OCC[N+](C)(C)C)OC(=O)CCC/C=C\C/C=C\C/C=C\C/C=C\C/C=C\C/C=C\C/C=C\C/C=C\C/C=C\CC. The van der Waals surface area contributed by atoms with E-state index in [0.29, 0.717) is 36.7 Å². The van der Waals surface area contributed by atoms with Crippen LogP contribution in [-0.2, 0) is 32.7 Å². The van der Waals surface area contributed by atoms with Crippen molar-refractivity contribution in [3.05, 3.63) is 219 Å². The van der Waals surface area contributed by atoms with Crippen molar-refractivity contribution in [2.75, 3.05) is 47.5 Å². The molecule has 0 saturated heterocycles. The minimum Gasteiger partial charge on any atom is -0.756 e. The highest BCUT2D eigenvalue weighted by atomic mass is 31.2. The maximum absolute atomic E-state index is 12.8. The molecular weight excluding hydrogens is 1040 g/mol. The summed E-state index contributed by atoms with van der Waals surface area (Å²) in [6.07, 6.45) is 97.2. The number of likely N-dealkylation sites (N-methyl/N-ethyl adjacent to an activating group) is 1. The zero-order valence-electron chi connectivity index (χ0n) is 51.3. The number of carbonyl (C=O) groups is 2. The molecule has 0 bridgehead atoms. The molecule has 0 amide bonds. The maximum Gasteiger partial charge on any atom is 0.306 e. The van der Waals surface area contributed by atoms with E-state index < -0.39 is 32.5 Å². The molecule has 0 aliphatic rings. The summed E-state index contributed by atoms with van der Waals surface area (Å²) in [6, 6.07) is 0. The van der Waals surface area contributed by atoms with E-state index in [2.05, 4.69) is 220 Å². The van der Waals surface area contributed by atoms with Gasteiger partial charge in [0.1, 0.15) is 19.8 Å². The fourth-order valence-corrected chi connectivity index (χ4v) is 7.62. The second kappa shape index (κ2) is 59.9. The summed E-state index contributed by atoms with van der Waals surface area (Å²) in [5, 5.41) is 0. The Kier molecular flexibility index (Phi) is 55.8. The molecule has 0 aliphatic heterocycles. The highest BCUT2D eigenvalue weighted by Crippen LogP contribution is 2.38. The van der Waals surface area contributed by atoms with E-state index in [-0.39, 0.29) is 26.1 Å². The van der Waals surface area contributed by atoms with Gasteiger partial charge in [-0.3, -0.25) is 14.2 Å². The summed E-state index contributed by atoms with van der Waals surface area (Å²) in [7, 11) is 1.06.